The number of nitrogens with zero attached hydrogens (tertiary/aromatic N) is 1. The van der Waals surface area contributed by atoms with Crippen molar-refractivity contribution in [1.29, 1.82) is 0 Å². The molecular formula is C11H15FN2O3. The SMILES string of the molecule is CC(C)NCCOc1ccc(F)cc1[N+](=O)[O-]. The first-order chi connectivity index (χ1) is 8.00. The van der Waals surface area contributed by atoms with Crippen LogP contribution >= 0.6 is 0 Å². The van der Waals surface area contributed by atoms with Gasteiger partial charge in [-0.25, -0.2) is 4.39 Å². The maximum atomic E-state index is 12.8. The molecule has 0 radical (unpaired) electrons. The van der Waals surface area contributed by atoms with Crippen molar-refractivity contribution in [1.82, 2.24) is 5.32 Å². The maximum Gasteiger partial charge on any atom is 0.313 e. The molecule has 5 nitrogen and oxygen atoms in total. The van der Waals surface area contributed by atoms with Gasteiger partial charge in [0.15, 0.2) is 5.75 Å². The van der Waals surface area contributed by atoms with Crippen molar-refractivity contribution in [3.63, 3.8) is 0 Å². The summed E-state index contributed by atoms with van der Waals surface area (Å²) in [4.78, 5) is 10.00. The second-order valence-corrected chi connectivity index (χ2v) is 3.83. The van der Waals surface area contributed by atoms with E-state index in [1.54, 1.807) is 0 Å². The number of hydrogen-bond acceptors (Lipinski definition) is 4. The van der Waals surface area contributed by atoms with E-state index in [1.165, 1.54) is 6.07 Å². The van der Waals surface area contributed by atoms with Crippen LogP contribution in [0.4, 0.5) is 10.1 Å². The molecular weight excluding hydrogens is 227 g/mol. The molecule has 1 aromatic rings. The highest BCUT2D eigenvalue weighted by Gasteiger charge is 2.15. The molecule has 0 bridgehead atoms. The summed E-state index contributed by atoms with van der Waals surface area (Å²) in [6.07, 6.45) is 0. The Morgan fingerprint density at radius 2 is 2.24 bits per heavy atom. The monoisotopic (exact) mass is 242 g/mol. The lowest BCUT2D eigenvalue weighted by atomic mass is 10.3. The van der Waals surface area contributed by atoms with Crippen LogP contribution < -0.4 is 10.1 Å². The second kappa shape index (κ2) is 6.15. The third kappa shape index (κ3) is 4.36. The standard InChI is InChI=1S/C11H15FN2O3/c1-8(2)13-5-6-17-11-4-3-9(12)7-10(11)14(15)16/h3-4,7-8,13H,5-6H2,1-2H3. The van der Waals surface area contributed by atoms with E-state index >= 15 is 0 Å². The van der Waals surface area contributed by atoms with Gasteiger partial charge in [0.1, 0.15) is 12.4 Å². The van der Waals surface area contributed by atoms with Gasteiger partial charge < -0.3 is 10.1 Å². The molecule has 0 aromatic heterocycles. The fourth-order valence-corrected chi connectivity index (χ4v) is 1.26. The Morgan fingerprint density at radius 1 is 1.53 bits per heavy atom. The van der Waals surface area contributed by atoms with Crippen molar-refractivity contribution in [3.8, 4) is 5.75 Å². The summed E-state index contributed by atoms with van der Waals surface area (Å²) in [5, 5.41) is 13.8. The molecule has 0 atom stereocenters. The first kappa shape index (κ1) is 13.4. The van der Waals surface area contributed by atoms with Crippen LogP contribution in [-0.4, -0.2) is 24.1 Å². The van der Waals surface area contributed by atoms with Gasteiger partial charge in [-0.3, -0.25) is 10.1 Å². The predicted octanol–water partition coefficient (Wildman–Crippen LogP) is 2.11. The van der Waals surface area contributed by atoms with Gasteiger partial charge in [0.2, 0.25) is 0 Å². The molecule has 0 unspecified atom stereocenters. The molecule has 6 heteroatoms. The molecule has 0 heterocycles. The maximum absolute atomic E-state index is 12.8. The van der Waals surface area contributed by atoms with Crippen LogP contribution in [0, 0.1) is 15.9 Å². The van der Waals surface area contributed by atoms with E-state index in [2.05, 4.69) is 5.32 Å². The van der Waals surface area contributed by atoms with E-state index < -0.39 is 10.7 Å². The molecule has 17 heavy (non-hydrogen) atoms. The van der Waals surface area contributed by atoms with Crippen LogP contribution in [0.25, 0.3) is 0 Å². The fraction of sp³-hybridized carbons (Fsp3) is 0.455. The van der Waals surface area contributed by atoms with Gasteiger partial charge in [-0.05, 0) is 12.1 Å². The highest BCUT2D eigenvalue weighted by molar-refractivity contribution is 5.46. The zero-order valence-corrected chi connectivity index (χ0v) is 9.77. The third-order valence-corrected chi connectivity index (χ3v) is 2.03. The summed E-state index contributed by atoms with van der Waals surface area (Å²) in [5.74, 6) is -0.564. The van der Waals surface area contributed by atoms with Crippen LogP contribution in [0.3, 0.4) is 0 Å². The lowest BCUT2D eigenvalue weighted by Gasteiger charge is -2.09. The van der Waals surface area contributed by atoms with Gasteiger partial charge in [0, 0.05) is 12.6 Å². The highest BCUT2D eigenvalue weighted by Crippen LogP contribution is 2.27. The van der Waals surface area contributed by atoms with E-state index in [0.717, 1.165) is 12.1 Å². The minimum absolute atomic E-state index is 0.0851. The third-order valence-electron chi connectivity index (χ3n) is 2.03. The summed E-state index contributed by atoms with van der Waals surface area (Å²) >= 11 is 0. The zero-order chi connectivity index (χ0) is 12.8. The first-order valence-corrected chi connectivity index (χ1v) is 5.31. The Morgan fingerprint density at radius 3 is 2.82 bits per heavy atom. The molecule has 0 saturated carbocycles. The molecule has 1 rings (SSSR count). The topological polar surface area (TPSA) is 64.4 Å². The highest BCUT2D eigenvalue weighted by atomic mass is 19.1. The summed E-state index contributed by atoms with van der Waals surface area (Å²) in [7, 11) is 0. The van der Waals surface area contributed by atoms with E-state index in [0.29, 0.717) is 19.2 Å². The quantitative estimate of drug-likeness (QED) is 0.471. The van der Waals surface area contributed by atoms with Gasteiger partial charge in [0.25, 0.3) is 0 Å². The molecule has 94 valence electrons. The van der Waals surface area contributed by atoms with E-state index in [-0.39, 0.29) is 11.4 Å². The zero-order valence-electron chi connectivity index (χ0n) is 9.77. The molecule has 0 saturated heterocycles. The van der Waals surface area contributed by atoms with Crippen LogP contribution in [-0.2, 0) is 0 Å². The van der Waals surface area contributed by atoms with Gasteiger partial charge >= 0.3 is 5.69 Å². The molecule has 1 aromatic carbocycles. The summed E-state index contributed by atoms with van der Waals surface area (Å²) < 4.78 is 18.1. The van der Waals surface area contributed by atoms with Gasteiger partial charge in [-0.1, -0.05) is 13.8 Å². The Bertz CT molecular complexity index is 396. The number of benzene rings is 1. The summed E-state index contributed by atoms with van der Waals surface area (Å²) in [6.45, 7) is 4.84. The molecule has 0 spiro atoms. The molecule has 0 aliphatic rings. The summed E-state index contributed by atoms with van der Waals surface area (Å²) in [5.41, 5.74) is -0.352. The number of halogens is 1. The van der Waals surface area contributed by atoms with Crippen molar-refractivity contribution in [3.05, 3.63) is 34.1 Å². The Kier molecular flexibility index (Phi) is 4.84. The minimum atomic E-state index is -0.658. The molecule has 0 aliphatic carbocycles. The van der Waals surface area contributed by atoms with Crippen molar-refractivity contribution in [2.75, 3.05) is 13.2 Å². The van der Waals surface area contributed by atoms with Crippen molar-refractivity contribution >= 4 is 5.69 Å². The molecule has 0 fully saturated rings. The van der Waals surface area contributed by atoms with Crippen LogP contribution in [0.1, 0.15) is 13.8 Å². The lowest BCUT2D eigenvalue weighted by Crippen LogP contribution is -2.27. The van der Waals surface area contributed by atoms with Gasteiger partial charge in [-0.2, -0.15) is 0 Å². The smallest absolute Gasteiger partial charge is 0.313 e. The number of rotatable bonds is 6. The van der Waals surface area contributed by atoms with Gasteiger partial charge in [-0.15, -0.1) is 0 Å². The number of ether oxygens (including phenoxy) is 1. The van der Waals surface area contributed by atoms with Crippen molar-refractivity contribution < 1.29 is 14.1 Å². The first-order valence-electron chi connectivity index (χ1n) is 5.31. The molecule has 0 amide bonds. The van der Waals surface area contributed by atoms with E-state index in [1.807, 2.05) is 13.8 Å². The fourth-order valence-electron chi connectivity index (χ4n) is 1.26. The Labute approximate surface area is 98.7 Å². The van der Waals surface area contributed by atoms with Gasteiger partial charge in [0.05, 0.1) is 11.0 Å². The normalized spacial score (nSPS) is 10.6. The predicted molar refractivity (Wildman–Crippen MR) is 61.7 cm³/mol. The number of hydrogen-bond donors (Lipinski definition) is 1. The van der Waals surface area contributed by atoms with E-state index in [4.69, 9.17) is 4.74 Å². The number of nitrogens with one attached hydrogen (secondary N) is 1. The van der Waals surface area contributed by atoms with Crippen molar-refractivity contribution in [2.24, 2.45) is 0 Å². The number of nitro groups is 1. The lowest BCUT2D eigenvalue weighted by molar-refractivity contribution is -0.386. The number of nitro benzene ring substituents is 1. The van der Waals surface area contributed by atoms with Crippen LogP contribution in [0.5, 0.6) is 5.75 Å². The van der Waals surface area contributed by atoms with Crippen LogP contribution in [0.15, 0.2) is 18.2 Å². The largest absolute Gasteiger partial charge is 0.485 e. The molecule has 0 aliphatic heterocycles. The van der Waals surface area contributed by atoms with E-state index in [9.17, 15) is 14.5 Å². The Hall–Kier alpha value is -1.69. The van der Waals surface area contributed by atoms with Crippen LogP contribution in [0.2, 0.25) is 0 Å². The average Bonchev–Trinajstić information content (AvgIpc) is 2.25. The second-order valence-electron chi connectivity index (χ2n) is 3.83. The van der Waals surface area contributed by atoms with Crippen molar-refractivity contribution in [2.45, 2.75) is 19.9 Å². The Balaban J connectivity index is 2.61. The summed E-state index contributed by atoms with van der Waals surface area (Å²) in [6, 6.07) is 3.58. The molecule has 1 N–H and O–H groups in total. The average molecular weight is 242 g/mol. The minimum Gasteiger partial charge on any atom is -0.485 e.